The highest BCUT2D eigenvalue weighted by atomic mass is 79.9. The van der Waals surface area contributed by atoms with Crippen LogP contribution in [0.3, 0.4) is 0 Å². The van der Waals surface area contributed by atoms with Crippen LogP contribution in [0.2, 0.25) is 0 Å². The summed E-state index contributed by atoms with van der Waals surface area (Å²) in [7, 11) is 1.68. The van der Waals surface area contributed by atoms with Crippen molar-refractivity contribution in [1.82, 2.24) is 5.01 Å². The first-order valence-corrected chi connectivity index (χ1v) is 7.24. The molecule has 2 aromatic rings. The van der Waals surface area contributed by atoms with Crippen LogP contribution in [-0.4, -0.2) is 18.3 Å². The minimum Gasteiger partial charge on any atom is -0.497 e. The van der Waals surface area contributed by atoms with Gasteiger partial charge < -0.3 is 4.74 Å². The number of rotatable bonds is 3. The van der Waals surface area contributed by atoms with E-state index in [9.17, 15) is 0 Å². The van der Waals surface area contributed by atoms with Gasteiger partial charge in [0.2, 0.25) is 0 Å². The van der Waals surface area contributed by atoms with Crippen LogP contribution in [0.15, 0.2) is 52.0 Å². The molecule has 102 valence electrons. The van der Waals surface area contributed by atoms with Gasteiger partial charge in [0.25, 0.3) is 0 Å². The topological polar surface area (TPSA) is 24.8 Å². The zero-order chi connectivity index (χ0) is 13.9. The van der Waals surface area contributed by atoms with E-state index in [0.717, 1.165) is 23.3 Å². The molecule has 0 saturated carbocycles. The minimum absolute atomic E-state index is 0.802. The van der Waals surface area contributed by atoms with E-state index in [0.29, 0.717) is 0 Å². The van der Waals surface area contributed by atoms with Gasteiger partial charge in [0.05, 0.1) is 26.4 Å². The molecule has 3 nitrogen and oxygen atoms in total. The summed E-state index contributed by atoms with van der Waals surface area (Å²) in [5, 5.41) is 6.57. The van der Waals surface area contributed by atoms with Crippen molar-refractivity contribution in [3.63, 3.8) is 0 Å². The molecule has 0 N–H and O–H groups in total. The Morgan fingerprint density at radius 1 is 1.20 bits per heavy atom. The van der Waals surface area contributed by atoms with E-state index in [1.165, 1.54) is 16.7 Å². The fraction of sp³-hybridized carbons (Fsp3) is 0.188. The fourth-order valence-corrected chi connectivity index (χ4v) is 2.63. The summed E-state index contributed by atoms with van der Waals surface area (Å²) in [5.41, 5.74) is 3.71. The normalized spacial score (nSPS) is 13.2. The van der Waals surface area contributed by atoms with Gasteiger partial charge in [0, 0.05) is 10.0 Å². The van der Waals surface area contributed by atoms with Gasteiger partial charge in [-0.1, -0.05) is 34.1 Å². The van der Waals surface area contributed by atoms with Crippen molar-refractivity contribution in [2.75, 3.05) is 7.11 Å². The number of hydrogen-bond donors (Lipinski definition) is 0. The molecule has 1 aliphatic rings. The lowest BCUT2D eigenvalue weighted by molar-refractivity contribution is 0.268. The molecule has 2 aromatic carbocycles. The molecule has 0 unspecified atom stereocenters. The predicted octanol–water partition coefficient (Wildman–Crippen LogP) is 3.81. The van der Waals surface area contributed by atoms with Crippen molar-refractivity contribution in [1.29, 1.82) is 0 Å². The van der Waals surface area contributed by atoms with Crippen molar-refractivity contribution in [3.05, 3.63) is 63.6 Å². The van der Waals surface area contributed by atoms with Crippen LogP contribution in [0.5, 0.6) is 5.75 Å². The van der Waals surface area contributed by atoms with E-state index < -0.39 is 0 Å². The molecule has 0 spiro atoms. The number of fused-ring (bicyclic) bond motifs is 1. The summed E-state index contributed by atoms with van der Waals surface area (Å²) < 4.78 is 6.26. The fourth-order valence-electron chi connectivity index (χ4n) is 2.25. The average molecular weight is 331 g/mol. The van der Waals surface area contributed by atoms with E-state index in [1.54, 1.807) is 7.11 Å². The number of benzene rings is 2. The van der Waals surface area contributed by atoms with Gasteiger partial charge in [-0.3, -0.25) is 5.01 Å². The first kappa shape index (κ1) is 13.2. The maximum absolute atomic E-state index is 5.17. The molecule has 0 aromatic heterocycles. The second-order valence-electron chi connectivity index (χ2n) is 4.76. The third-order valence-electron chi connectivity index (χ3n) is 3.35. The first-order chi connectivity index (χ1) is 9.74. The zero-order valence-corrected chi connectivity index (χ0v) is 12.8. The van der Waals surface area contributed by atoms with E-state index in [4.69, 9.17) is 4.74 Å². The Morgan fingerprint density at radius 3 is 2.75 bits per heavy atom. The number of hydrazone groups is 1. The molecular formula is C16H15BrN2O. The molecule has 0 amide bonds. The van der Waals surface area contributed by atoms with Gasteiger partial charge in [-0.25, -0.2) is 0 Å². The average Bonchev–Trinajstić information content (AvgIpc) is 2.48. The maximum atomic E-state index is 5.17. The lowest BCUT2D eigenvalue weighted by Crippen LogP contribution is -2.21. The van der Waals surface area contributed by atoms with Gasteiger partial charge in [0.15, 0.2) is 0 Å². The van der Waals surface area contributed by atoms with E-state index in [-0.39, 0.29) is 0 Å². The quantitative estimate of drug-likeness (QED) is 0.854. The maximum Gasteiger partial charge on any atom is 0.118 e. The lowest BCUT2D eigenvalue weighted by atomic mass is 10.1. The Labute approximate surface area is 127 Å². The van der Waals surface area contributed by atoms with E-state index in [2.05, 4.69) is 56.4 Å². The molecule has 0 saturated heterocycles. The molecule has 4 heteroatoms. The number of methoxy groups -OCH3 is 1. The molecule has 0 aliphatic carbocycles. The van der Waals surface area contributed by atoms with Gasteiger partial charge >= 0.3 is 0 Å². The summed E-state index contributed by atoms with van der Waals surface area (Å²) in [6.07, 6.45) is 1.92. The molecule has 3 rings (SSSR count). The summed E-state index contributed by atoms with van der Waals surface area (Å²) in [5.74, 6) is 0.881. The van der Waals surface area contributed by atoms with Crippen molar-refractivity contribution >= 4 is 22.1 Å². The summed E-state index contributed by atoms with van der Waals surface area (Å²) >= 11 is 3.49. The zero-order valence-electron chi connectivity index (χ0n) is 11.2. The summed E-state index contributed by atoms with van der Waals surface area (Å²) in [6.45, 7) is 1.64. The van der Waals surface area contributed by atoms with E-state index >= 15 is 0 Å². The lowest BCUT2D eigenvalue weighted by Gasteiger charge is -2.24. The smallest absolute Gasteiger partial charge is 0.118 e. The summed E-state index contributed by atoms with van der Waals surface area (Å²) in [6, 6.07) is 14.4. The van der Waals surface area contributed by atoms with Crippen LogP contribution >= 0.6 is 15.9 Å². The molecular weight excluding hydrogens is 316 g/mol. The largest absolute Gasteiger partial charge is 0.497 e. The molecule has 1 aliphatic heterocycles. The van der Waals surface area contributed by atoms with Gasteiger partial charge in [-0.15, -0.1) is 0 Å². The Morgan fingerprint density at radius 2 is 2.00 bits per heavy atom. The molecule has 0 atom stereocenters. The van der Waals surface area contributed by atoms with Crippen LogP contribution < -0.4 is 4.74 Å². The Bertz CT molecular complexity index is 637. The summed E-state index contributed by atoms with van der Waals surface area (Å²) in [4.78, 5) is 0. The van der Waals surface area contributed by atoms with Crippen molar-refractivity contribution in [2.45, 2.75) is 13.1 Å². The second-order valence-corrected chi connectivity index (χ2v) is 5.67. The van der Waals surface area contributed by atoms with Gasteiger partial charge in [-0.2, -0.15) is 5.10 Å². The molecule has 0 bridgehead atoms. The van der Waals surface area contributed by atoms with E-state index in [1.807, 2.05) is 18.3 Å². The van der Waals surface area contributed by atoms with Crippen LogP contribution in [0.1, 0.15) is 16.7 Å². The molecule has 1 heterocycles. The number of hydrogen-bond acceptors (Lipinski definition) is 3. The van der Waals surface area contributed by atoms with Crippen LogP contribution in [0, 0.1) is 0 Å². The van der Waals surface area contributed by atoms with Gasteiger partial charge in [0.1, 0.15) is 5.75 Å². The molecule has 0 radical (unpaired) electrons. The minimum atomic E-state index is 0.802. The van der Waals surface area contributed by atoms with Crippen LogP contribution in [-0.2, 0) is 13.1 Å². The van der Waals surface area contributed by atoms with Crippen molar-refractivity contribution < 1.29 is 4.74 Å². The Balaban J connectivity index is 1.73. The Kier molecular flexibility index (Phi) is 3.74. The number of halogens is 1. The van der Waals surface area contributed by atoms with Crippen LogP contribution in [0.25, 0.3) is 0 Å². The first-order valence-electron chi connectivity index (χ1n) is 6.45. The predicted molar refractivity (Wildman–Crippen MR) is 84.0 cm³/mol. The number of ether oxygens (including phenoxy) is 1. The second kappa shape index (κ2) is 5.67. The highest BCUT2D eigenvalue weighted by Gasteiger charge is 2.12. The highest BCUT2D eigenvalue weighted by molar-refractivity contribution is 9.10. The Hall–Kier alpha value is -1.81. The third kappa shape index (κ3) is 2.85. The third-order valence-corrected chi connectivity index (χ3v) is 3.84. The van der Waals surface area contributed by atoms with Crippen molar-refractivity contribution in [2.24, 2.45) is 5.10 Å². The number of nitrogens with zero attached hydrogens (tertiary/aromatic N) is 2. The molecule has 0 fully saturated rings. The van der Waals surface area contributed by atoms with Gasteiger partial charge in [-0.05, 0) is 35.4 Å². The highest BCUT2D eigenvalue weighted by Crippen LogP contribution is 2.22. The van der Waals surface area contributed by atoms with Crippen molar-refractivity contribution in [3.8, 4) is 5.75 Å². The van der Waals surface area contributed by atoms with Crippen LogP contribution in [0.4, 0.5) is 0 Å². The SMILES string of the molecule is COc1ccc(CN2Cc3ccc(Br)cc3C=N2)cc1. The monoisotopic (exact) mass is 330 g/mol. The molecule has 20 heavy (non-hydrogen) atoms. The standard InChI is InChI=1S/C16H15BrN2O/c1-20-16-6-2-12(3-7-16)10-19-11-13-4-5-15(17)8-14(13)9-18-19/h2-9H,10-11H2,1H3.